The molecule has 2 aromatic carbocycles. The summed E-state index contributed by atoms with van der Waals surface area (Å²) >= 11 is 5.15. The van der Waals surface area contributed by atoms with Gasteiger partial charge in [-0.05, 0) is 61.3 Å². The first-order valence-corrected chi connectivity index (χ1v) is 11.6. The standard InChI is InChI=1S/C25H31N3O5S/c1-32-18-16-26-24(31)20-12-14-21(15-13-20)27-25(34)28-22(29)10-5-11-23(30)33-17-6-9-19-7-3-2-4-8-19/h2-4,7-8,12-15H,5-6,9-11,16-18H2,1H3,(H,26,31)(H2,27,28,29,34). The van der Waals surface area contributed by atoms with Crippen LogP contribution in [0.4, 0.5) is 5.69 Å². The minimum Gasteiger partial charge on any atom is -0.466 e. The highest BCUT2D eigenvalue weighted by Crippen LogP contribution is 2.10. The molecule has 8 nitrogen and oxygen atoms in total. The molecule has 0 unspecified atom stereocenters. The van der Waals surface area contributed by atoms with E-state index in [9.17, 15) is 14.4 Å². The maximum absolute atomic E-state index is 12.1. The topological polar surface area (TPSA) is 106 Å². The van der Waals surface area contributed by atoms with E-state index in [0.717, 1.165) is 12.8 Å². The van der Waals surface area contributed by atoms with Gasteiger partial charge in [-0.2, -0.15) is 0 Å². The fourth-order valence-corrected chi connectivity index (χ4v) is 3.23. The smallest absolute Gasteiger partial charge is 0.305 e. The number of esters is 1. The number of rotatable bonds is 13. The number of amides is 2. The zero-order chi connectivity index (χ0) is 24.6. The number of aryl methyl sites for hydroxylation is 1. The van der Waals surface area contributed by atoms with Crippen LogP contribution in [0.1, 0.15) is 41.6 Å². The Morgan fingerprint density at radius 2 is 1.65 bits per heavy atom. The quantitative estimate of drug-likeness (QED) is 0.227. The van der Waals surface area contributed by atoms with E-state index >= 15 is 0 Å². The number of ether oxygens (including phenoxy) is 2. The molecule has 0 spiro atoms. The predicted molar refractivity (Wildman–Crippen MR) is 135 cm³/mol. The number of nitrogens with one attached hydrogen (secondary N) is 3. The average molecular weight is 486 g/mol. The average Bonchev–Trinajstić information content (AvgIpc) is 2.83. The molecule has 2 aromatic rings. The van der Waals surface area contributed by atoms with E-state index in [2.05, 4.69) is 16.0 Å². The molecule has 0 aliphatic rings. The number of methoxy groups -OCH3 is 1. The normalized spacial score (nSPS) is 10.3. The van der Waals surface area contributed by atoms with E-state index in [-0.39, 0.29) is 35.7 Å². The van der Waals surface area contributed by atoms with Crippen molar-refractivity contribution in [3.05, 3.63) is 65.7 Å². The van der Waals surface area contributed by atoms with Crippen molar-refractivity contribution in [2.24, 2.45) is 0 Å². The molecule has 0 aliphatic carbocycles. The molecule has 0 radical (unpaired) electrons. The van der Waals surface area contributed by atoms with Crippen LogP contribution in [-0.2, 0) is 25.5 Å². The molecule has 2 rings (SSSR count). The third-order valence-electron chi connectivity index (χ3n) is 4.75. The summed E-state index contributed by atoms with van der Waals surface area (Å²) in [5.41, 5.74) is 2.35. The van der Waals surface area contributed by atoms with Gasteiger partial charge in [-0.15, -0.1) is 0 Å². The van der Waals surface area contributed by atoms with E-state index in [0.29, 0.717) is 37.4 Å². The van der Waals surface area contributed by atoms with E-state index < -0.39 is 0 Å². The molecule has 0 saturated heterocycles. The van der Waals surface area contributed by atoms with Gasteiger partial charge in [-0.1, -0.05) is 30.3 Å². The van der Waals surface area contributed by atoms with Crippen molar-refractivity contribution in [1.29, 1.82) is 0 Å². The van der Waals surface area contributed by atoms with Gasteiger partial charge in [0.15, 0.2) is 5.11 Å². The van der Waals surface area contributed by atoms with Crippen molar-refractivity contribution in [2.75, 3.05) is 32.2 Å². The molecule has 182 valence electrons. The molecule has 0 aliphatic heterocycles. The monoisotopic (exact) mass is 485 g/mol. The Labute approximate surface area is 205 Å². The second kappa shape index (κ2) is 15.5. The van der Waals surface area contributed by atoms with Gasteiger partial charge in [0.2, 0.25) is 5.91 Å². The minimum absolute atomic E-state index is 0.144. The number of anilines is 1. The maximum atomic E-state index is 12.1. The highest BCUT2D eigenvalue weighted by Gasteiger charge is 2.09. The number of carbonyl (C=O) groups excluding carboxylic acids is 3. The van der Waals surface area contributed by atoms with Gasteiger partial charge in [0, 0.05) is 37.7 Å². The summed E-state index contributed by atoms with van der Waals surface area (Å²) in [6.07, 6.45) is 2.31. The third kappa shape index (κ3) is 11.0. The Bertz CT molecular complexity index is 935. The fraction of sp³-hybridized carbons (Fsp3) is 0.360. The molecular weight excluding hydrogens is 454 g/mol. The Hall–Kier alpha value is -3.30. The lowest BCUT2D eigenvalue weighted by Crippen LogP contribution is -2.34. The fourth-order valence-electron chi connectivity index (χ4n) is 3.00. The van der Waals surface area contributed by atoms with Crippen LogP contribution in [0.15, 0.2) is 54.6 Å². The molecule has 0 aromatic heterocycles. The van der Waals surface area contributed by atoms with Gasteiger partial charge in [0.1, 0.15) is 0 Å². The van der Waals surface area contributed by atoms with Crippen LogP contribution in [0, 0.1) is 0 Å². The zero-order valence-electron chi connectivity index (χ0n) is 19.3. The van der Waals surface area contributed by atoms with Crippen molar-refractivity contribution >= 4 is 40.8 Å². The van der Waals surface area contributed by atoms with Crippen LogP contribution < -0.4 is 16.0 Å². The summed E-state index contributed by atoms with van der Waals surface area (Å²) in [7, 11) is 1.57. The minimum atomic E-state index is -0.312. The van der Waals surface area contributed by atoms with E-state index in [1.165, 1.54) is 5.56 Å². The number of thiocarbonyl (C=S) groups is 1. The first kappa shape index (κ1) is 26.9. The van der Waals surface area contributed by atoms with Crippen molar-refractivity contribution in [3.63, 3.8) is 0 Å². The SMILES string of the molecule is COCCNC(=O)c1ccc(NC(=S)NC(=O)CCCC(=O)OCCCc2ccccc2)cc1. The number of hydrogen-bond acceptors (Lipinski definition) is 6. The van der Waals surface area contributed by atoms with Gasteiger partial charge in [0.25, 0.3) is 5.91 Å². The van der Waals surface area contributed by atoms with Gasteiger partial charge in [-0.25, -0.2) is 0 Å². The molecule has 3 N–H and O–H groups in total. The summed E-state index contributed by atoms with van der Waals surface area (Å²) in [6, 6.07) is 16.7. The van der Waals surface area contributed by atoms with Crippen LogP contribution in [0.5, 0.6) is 0 Å². The number of benzene rings is 2. The number of carbonyl (C=O) groups is 3. The van der Waals surface area contributed by atoms with Crippen molar-refractivity contribution in [1.82, 2.24) is 10.6 Å². The molecule has 0 bridgehead atoms. The van der Waals surface area contributed by atoms with Gasteiger partial charge in [0.05, 0.1) is 13.2 Å². The van der Waals surface area contributed by atoms with Crippen molar-refractivity contribution < 1.29 is 23.9 Å². The molecule has 34 heavy (non-hydrogen) atoms. The second-order valence-electron chi connectivity index (χ2n) is 7.49. The summed E-state index contributed by atoms with van der Waals surface area (Å²) in [5.74, 6) is -0.800. The lowest BCUT2D eigenvalue weighted by molar-refractivity contribution is -0.143. The van der Waals surface area contributed by atoms with Crippen LogP contribution in [0.2, 0.25) is 0 Å². The van der Waals surface area contributed by atoms with Gasteiger partial charge in [-0.3, -0.25) is 14.4 Å². The maximum Gasteiger partial charge on any atom is 0.305 e. The highest BCUT2D eigenvalue weighted by atomic mass is 32.1. The molecule has 2 amide bonds. The van der Waals surface area contributed by atoms with Crippen LogP contribution in [-0.4, -0.2) is 49.8 Å². The first-order chi connectivity index (χ1) is 16.5. The molecule has 0 fully saturated rings. The summed E-state index contributed by atoms with van der Waals surface area (Å²) < 4.78 is 10.1. The second-order valence-corrected chi connectivity index (χ2v) is 7.90. The van der Waals surface area contributed by atoms with E-state index in [1.807, 2.05) is 30.3 Å². The molecule has 0 saturated carbocycles. The highest BCUT2D eigenvalue weighted by molar-refractivity contribution is 7.80. The lowest BCUT2D eigenvalue weighted by Gasteiger charge is -2.10. The van der Waals surface area contributed by atoms with Gasteiger partial charge >= 0.3 is 5.97 Å². The largest absolute Gasteiger partial charge is 0.466 e. The molecule has 0 heterocycles. The Morgan fingerprint density at radius 3 is 2.35 bits per heavy atom. The number of hydrogen-bond donors (Lipinski definition) is 3. The Kier molecular flexibility index (Phi) is 12.3. The van der Waals surface area contributed by atoms with Crippen LogP contribution in [0.25, 0.3) is 0 Å². The zero-order valence-corrected chi connectivity index (χ0v) is 20.1. The molecule has 9 heteroatoms. The first-order valence-electron chi connectivity index (χ1n) is 11.2. The summed E-state index contributed by atoms with van der Waals surface area (Å²) in [6.45, 7) is 1.23. The Morgan fingerprint density at radius 1 is 0.912 bits per heavy atom. The summed E-state index contributed by atoms with van der Waals surface area (Å²) in [4.78, 5) is 35.9. The van der Waals surface area contributed by atoms with E-state index in [1.54, 1.807) is 31.4 Å². The molecular formula is C25H31N3O5S. The summed E-state index contributed by atoms with van der Waals surface area (Å²) in [5, 5.41) is 8.35. The predicted octanol–water partition coefficient (Wildman–Crippen LogP) is 3.22. The van der Waals surface area contributed by atoms with Gasteiger partial charge < -0.3 is 25.4 Å². The van der Waals surface area contributed by atoms with E-state index in [4.69, 9.17) is 21.7 Å². The van der Waals surface area contributed by atoms with Crippen LogP contribution in [0.3, 0.4) is 0 Å². The molecule has 0 atom stereocenters. The lowest BCUT2D eigenvalue weighted by atomic mass is 10.1. The Balaban J connectivity index is 1.58. The third-order valence-corrected chi connectivity index (χ3v) is 4.95. The van der Waals surface area contributed by atoms with Crippen molar-refractivity contribution in [2.45, 2.75) is 32.1 Å². The van der Waals surface area contributed by atoms with Crippen molar-refractivity contribution in [3.8, 4) is 0 Å². The van der Waals surface area contributed by atoms with Crippen LogP contribution >= 0.6 is 12.2 Å².